The number of methoxy groups -OCH3 is 1. The van der Waals surface area contributed by atoms with Crippen molar-refractivity contribution in [2.75, 3.05) is 33.9 Å². The first kappa shape index (κ1) is 17.8. The molecule has 2 bridgehead atoms. The summed E-state index contributed by atoms with van der Waals surface area (Å²) in [5.74, 6) is 2.27. The van der Waals surface area contributed by atoms with Crippen molar-refractivity contribution in [3.63, 3.8) is 0 Å². The third-order valence-electron chi connectivity index (χ3n) is 8.74. The number of nitrogens with zero attached hydrogens (tertiary/aromatic N) is 1. The number of likely N-dealkylation sites (tertiary alicyclic amines) is 1. The molecule has 0 unspecified atom stereocenters. The molecule has 5 rings (SSSR count). The van der Waals surface area contributed by atoms with Crippen LogP contribution in [-0.2, 0) is 14.3 Å². The quantitative estimate of drug-likeness (QED) is 0.545. The van der Waals surface area contributed by atoms with Gasteiger partial charge >= 0.3 is 5.97 Å². The van der Waals surface area contributed by atoms with Gasteiger partial charge in [0.1, 0.15) is 0 Å². The van der Waals surface area contributed by atoms with Crippen LogP contribution in [0.2, 0.25) is 0 Å². The van der Waals surface area contributed by atoms with Crippen molar-refractivity contribution in [1.82, 2.24) is 4.90 Å². The molecule has 0 amide bonds. The van der Waals surface area contributed by atoms with Gasteiger partial charge in [-0.15, -0.1) is 0 Å². The zero-order chi connectivity index (χ0) is 18.8. The maximum Gasteiger partial charge on any atom is 0.309 e. The lowest BCUT2D eigenvalue weighted by atomic mass is 9.51. The van der Waals surface area contributed by atoms with Crippen molar-refractivity contribution in [3.8, 4) is 0 Å². The molecule has 2 fully saturated rings. The normalized spacial score (nSPS) is 43.2. The number of ether oxygens (including phenoxy) is 2. The average molecular weight is 372 g/mol. The van der Waals surface area contributed by atoms with Crippen molar-refractivity contribution < 1.29 is 14.3 Å². The molecule has 0 aromatic carbocycles. The maximum absolute atomic E-state index is 12.7. The van der Waals surface area contributed by atoms with E-state index in [1.165, 1.54) is 19.3 Å². The zero-order valence-electron chi connectivity index (χ0n) is 17.1. The van der Waals surface area contributed by atoms with Gasteiger partial charge in [0.15, 0.2) is 0 Å². The van der Waals surface area contributed by atoms with Gasteiger partial charge in [-0.1, -0.05) is 18.1 Å². The SMILES string of the molecule is CCC1=CC[C@]2(CO1)[C@@H]1CCC3=C4[C@H](CC3)[C@H](C(=O)OC)C[C@@]42CN(C)C1. The second-order valence-electron chi connectivity index (χ2n) is 9.68. The van der Waals surface area contributed by atoms with Crippen LogP contribution in [0.4, 0.5) is 0 Å². The number of esters is 1. The molecule has 2 spiro atoms. The third-order valence-corrected chi connectivity index (χ3v) is 8.74. The number of carbonyl (C=O) groups is 1. The number of hydrogen-bond donors (Lipinski definition) is 0. The molecule has 0 N–H and O–H groups in total. The summed E-state index contributed by atoms with van der Waals surface area (Å²) in [7, 11) is 3.84. The van der Waals surface area contributed by atoms with E-state index < -0.39 is 0 Å². The Morgan fingerprint density at radius 2 is 2.19 bits per heavy atom. The van der Waals surface area contributed by atoms with Gasteiger partial charge in [-0.3, -0.25) is 4.79 Å². The fraction of sp³-hybridized carbons (Fsp3) is 0.783. The van der Waals surface area contributed by atoms with Crippen molar-refractivity contribution in [3.05, 3.63) is 23.0 Å². The molecule has 4 heteroatoms. The first-order valence-corrected chi connectivity index (χ1v) is 10.9. The number of hydrogen-bond acceptors (Lipinski definition) is 4. The minimum absolute atomic E-state index is 0.0117. The highest BCUT2D eigenvalue weighted by atomic mass is 16.5. The molecule has 5 atom stereocenters. The van der Waals surface area contributed by atoms with Crippen LogP contribution >= 0.6 is 0 Å². The molecule has 0 aromatic heterocycles. The fourth-order valence-corrected chi connectivity index (χ4v) is 7.71. The summed E-state index contributed by atoms with van der Waals surface area (Å²) in [5, 5.41) is 0. The Hall–Kier alpha value is -1.29. The molecule has 148 valence electrons. The molecule has 27 heavy (non-hydrogen) atoms. The van der Waals surface area contributed by atoms with Gasteiger partial charge in [0.25, 0.3) is 0 Å². The van der Waals surface area contributed by atoms with E-state index >= 15 is 0 Å². The van der Waals surface area contributed by atoms with Crippen LogP contribution in [0.25, 0.3) is 0 Å². The highest BCUT2D eigenvalue weighted by Gasteiger charge is 2.68. The van der Waals surface area contributed by atoms with E-state index in [0.29, 0.717) is 11.8 Å². The second kappa shape index (κ2) is 6.10. The first-order chi connectivity index (χ1) is 13.0. The first-order valence-electron chi connectivity index (χ1n) is 10.9. The van der Waals surface area contributed by atoms with Gasteiger partial charge in [-0.2, -0.15) is 0 Å². The Kier molecular flexibility index (Phi) is 4.02. The molecule has 2 aliphatic heterocycles. The van der Waals surface area contributed by atoms with Crippen molar-refractivity contribution in [2.45, 2.75) is 51.9 Å². The van der Waals surface area contributed by atoms with Crippen molar-refractivity contribution >= 4 is 5.97 Å². The minimum Gasteiger partial charge on any atom is -0.498 e. The van der Waals surface area contributed by atoms with E-state index in [2.05, 4.69) is 24.9 Å². The Morgan fingerprint density at radius 1 is 1.37 bits per heavy atom. The van der Waals surface area contributed by atoms with Gasteiger partial charge in [0.2, 0.25) is 0 Å². The number of allylic oxidation sites excluding steroid dienone is 3. The lowest BCUT2D eigenvalue weighted by Crippen LogP contribution is -2.61. The summed E-state index contributed by atoms with van der Waals surface area (Å²) in [6, 6.07) is 0. The molecular weight excluding hydrogens is 338 g/mol. The Balaban J connectivity index is 1.67. The molecule has 1 saturated heterocycles. The molecule has 2 heterocycles. The van der Waals surface area contributed by atoms with Crippen molar-refractivity contribution in [1.29, 1.82) is 0 Å². The van der Waals surface area contributed by atoms with Gasteiger partial charge in [0.05, 0.1) is 25.4 Å². The van der Waals surface area contributed by atoms with Crippen LogP contribution in [0.3, 0.4) is 0 Å². The lowest BCUT2D eigenvalue weighted by molar-refractivity contribution is -0.149. The molecule has 1 saturated carbocycles. The summed E-state index contributed by atoms with van der Waals surface area (Å²) in [5.41, 5.74) is 3.60. The van der Waals surface area contributed by atoms with Crippen LogP contribution in [0, 0.1) is 28.6 Å². The standard InChI is InChI=1S/C23H33NO3/c1-4-17-9-10-22(14-27-17)16-7-5-15-6-8-18-19(21(25)26-3)11-23(22,20(15)18)13-24(2)12-16/h9,16,18-19H,4-8,10-14H2,1-3H3/t16-,18-,19-,22+,23-/m1/s1. The summed E-state index contributed by atoms with van der Waals surface area (Å²) >= 11 is 0. The second-order valence-corrected chi connectivity index (χ2v) is 9.68. The van der Waals surface area contributed by atoms with Gasteiger partial charge in [-0.05, 0) is 63.5 Å². The largest absolute Gasteiger partial charge is 0.498 e. The maximum atomic E-state index is 12.7. The zero-order valence-corrected chi connectivity index (χ0v) is 17.1. The predicted molar refractivity (Wildman–Crippen MR) is 104 cm³/mol. The summed E-state index contributed by atoms with van der Waals surface area (Å²) in [6.45, 7) is 5.25. The van der Waals surface area contributed by atoms with Crippen LogP contribution in [0.15, 0.2) is 23.0 Å². The van der Waals surface area contributed by atoms with E-state index in [4.69, 9.17) is 9.47 Å². The lowest BCUT2D eigenvalue weighted by Gasteiger charge is -2.59. The van der Waals surface area contributed by atoms with E-state index in [1.807, 2.05) is 0 Å². The molecular formula is C23H33NO3. The van der Waals surface area contributed by atoms with Crippen molar-refractivity contribution in [2.24, 2.45) is 28.6 Å². The van der Waals surface area contributed by atoms with E-state index in [0.717, 1.165) is 51.1 Å². The Bertz CT molecular complexity index is 725. The van der Waals surface area contributed by atoms with Crippen LogP contribution < -0.4 is 0 Å². The van der Waals surface area contributed by atoms with E-state index in [9.17, 15) is 4.79 Å². The monoisotopic (exact) mass is 371 g/mol. The number of rotatable bonds is 2. The topological polar surface area (TPSA) is 38.8 Å². The Labute approximate surface area is 163 Å². The highest BCUT2D eigenvalue weighted by molar-refractivity contribution is 5.75. The minimum atomic E-state index is 0.0117. The van der Waals surface area contributed by atoms with E-state index in [1.54, 1.807) is 18.3 Å². The predicted octanol–water partition coefficient (Wildman–Crippen LogP) is 3.93. The molecule has 4 nitrogen and oxygen atoms in total. The Morgan fingerprint density at radius 3 is 2.89 bits per heavy atom. The smallest absolute Gasteiger partial charge is 0.309 e. The van der Waals surface area contributed by atoms with Crippen LogP contribution in [-0.4, -0.2) is 44.7 Å². The van der Waals surface area contributed by atoms with Gasteiger partial charge < -0.3 is 14.4 Å². The van der Waals surface area contributed by atoms with Crippen LogP contribution in [0.5, 0.6) is 0 Å². The molecule has 3 aliphatic carbocycles. The van der Waals surface area contributed by atoms with E-state index in [-0.39, 0.29) is 22.7 Å². The molecule has 5 aliphatic rings. The third kappa shape index (κ3) is 2.22. The highest BCUT2D eigenvalue weighted by Crippen LogP contribution is 2.71. The molecule has 0 aromatic rings. The van der Waals surface area contributed by atoms with Gasteiger partial charge in [0, 0.05) is 30.3 Å². The summed E-state index contributed by atoms with van der Waals surface area (Å²) < 4.78 is 11.6. The average Bonchev–Trinajstić information content (AvgIpc) is 3.22. The number of piperidine rings is 1. The fourth-order valence-electron chi connectivity index (χ4n) is 7.71. The van der Waals surface area contributed by atoms with Crippen LogP contribution in [0.1, 0.15) is 51.9 Å². The van der Waals surface area contributed by atoms with Gasteiger partial charge in [-0.25, -0.2) is 0 Å². The molecule has 0 radical (unpaired) electrons. The number of carbonyl (C=O) groups excluding carboxylic acids is 1. The summed E-state index contributed by atoms with van der Waals surface area (Å²) in [6.07, 6.45) is 10.3. The summed E-state index contributed by atoms with van der Waals surface area (Å²) in [4.78, 5) is 15.3.